The highest BCUT2D eigenvalue weighted by Crippen LogP contribution is 2.11. The number of hydrogen-bond donors (Lipinski definition) is 3. The van der Waals surface area contributed by atoms with Gasteiger partial charge in [0.05, 0.1) is 0 Å². The van der Waals surface area contributed by atoms with Gasteiger partial charge in [0.15, 0.2) is 0 Å². The first-order valence-corrected chi connectivity index (χ1v) is 7.91. The molecule has 0 saturated carbocycles. The minimum absolute atomic E-state index is 0.130. The molecule has 1 aromatic heterocycles. The number of anilines is 1. The van der Waals surface area contributed by atoms with Crippen LogP contribution in [0.25, 0.3) is 0 Å². The normalized spacial score (nSPS) is 10.6. The topological polar surface area (TPSA) is 53.2 Å². The van der Waals surface area contributed by atoms with Crippen molar-refractivity contribution in [3.63, 3.8) is 0 Å². The third kappa shape index (κ3) is 5.57. The van der Waals surface area contributed by atoms with E-state index in [1.807, 2.05) is 38.1 Å². The summed E-state index contributed by atoms with van der Waals surface area (Å²) in [6.45, 7) is 5.56. The highest BCUT2D eigenvalue weighted by Gasteiger charge is 2.03. The van der Waals surface area contributed by atoms with Crippen molar-refractivity contribution in [1.29, 1.82) is 0 Å². The van der Waals surface area contributed by atoms with Crippen molar-refractivity contribution in [2.24, 2.45) is 0 Å². The van der Waals surface area contributed by atoms with Gasteiger partial charge in [-0.25, -0.2) is 4.79 Å². The van der Waals surface area contributed by atoms with E-state index in [4.69, 9.17) is 0 Å². The zero-order valence-corrected chi connectivity index (χ0v) is 13.2. The van der Waals surface area contributed by atoms with Crippen molar-refractivity contribution >= 4 is 23.1 Å². The zero-order valence-electron chi connectivity index (χ0n) is 12.3. The first-order valence-electron chi connectivity index (χ1n) is 7.03. The van der Waals surface area contributed by atoms with Crippen LogP contribution in [0.5, 0.6) is 0 Å². The second-order valence-electron chi connectivity index (χ2n) is 5.13. The number of benzene rings is 1. The van der Waals surface area contributed by atoms with E-state index in [1.54, 1.807) is 11.3 Å². The fourth-order valence-electron chi connectivity index (χ4n) is 1.88. The molecule has 0 radical (unpaired) electrons. The van der Waals surface area contributed by atoms with E-state index in [0.29, 0.717) is 0 Å². The lowest BCUT2D eigenvalue weighted by molar-refractivity contribution is 0.250. The Balaban J connectivity index is 1.77. The van der Waals surface area contributed by atoms with Gasteiger partial charge >= 0.3 is 6.03 Å². The second-order valence-corrected chi connectivity index (χ2v) is 6.17. The summed E-state index contributed by atoms with van der Waals surface area (Å²) in [5.74, 6) is 0. The fourth-order valence-corrected chi connectivity index (χ4v) is 2.55. The van der Waals surface area contributed by atoms with E-state index in [9.17, 15) is 4.79 Å². The van der Waals surface area contributed by atoms with Crippen LogP contribution in [0.1, 0.15) is 24.3 Å². The molecule has 0 spiro atoms. The lowest BCUT2D eigenvalue weighted by Crippen LogP contribution is -2.34. The minimum Gasteiger partial charge on any atom is -0.336 e. The Bertz CT molecular complexity index is 549. The van der Waals surface area contributed by atoms with Crippen molar-refractivity contribution in [2.45, 2.75) is 33.0 Å². The molecule has 0 aliphatic heterocycles. The van der Waals surface area contributed by atoms with Gasteiger partial charge in [0.25, 0.3) is 0 Å². The number of urea groups is 1. The molecule has 5 heteroatoms. The summed E-state index contributed by atoms with van der Waals surface area (Å²) in [6.07, 6.45) is 0. The van der Waals surface area contributed by atoms with Gasteiger partial charge in [0.2, 0.25) is 0 Å². The van der Waals surface area contributed by atoms with Gasteiger partial charge in [0.1, 0.15) is 0 Å². The van der Waals surface area contributed by atoms with E-state index >= 15 is 0 Å². The standard InChI is InChI=1S/C16H21N3OS/c1-12(2)18-16(20)19-14-7-5-13(6-8-14)10-17-11-15-4-3-9-21-15/h3-9,12,17H,10-11H2,1-2H3,(H2,18,19,20). The van der Waals surface area contributed by atoms with Gasteiger partial charge in [-0.3, -0.25) is 0 Å². The number of thiophene rings is 1. The van der Waals surface area contributed by atoms with Gasteiger partial charge in [0, 0.05) is 29.7 Å². The lowest BCUT2D eigenvalue weighted by atomic mass is 10.2. The van der Waals surface area contributed by atoms with E-state index in [2.05, 4.69) is 33.5 Å². The zero-order chi connectivity index (χ0) is 15.1. The largest absolute Gasteiger partial charge is 0.336 e. The van der Waals surface area contributed by atoms with Crippen LogP contribution in [0.4, 0.5) is 10.5 Å². The van der Waals surface area contributed by atoms with E-state index in [1.165, 1.54) is 10.4 Å². The maximum Gasteiger partial charge on any atom is 0.319 e. The Labute approximate surface area is 129 Å². The van der Waals surface area contributed by atoms with Gasteiger partial charge in [-0.15, -0.1) is 11.3 Å². The Kier molecular flexibility index (Phi) is 5.78. The molecule has 0 aliphatic carbocycles. The first-order chi connectivity index (χ1) is 10.1. The summed E-state index contributed by atoms with van der Waals surface area (Å²) in [5, 5.41) is 11.1. The Hall–Kier alpha value is -1.85. The molecular weight excluding hydrogens is 282 g/mol. The van der Waals surface area contributed by atoms with Crippen molar-refractivity contribution in [3.8, 4) is 0 Å². The van der Waals surface area contributed by atoms with Crippen LogP contribution in [0, 0.1) is 0 Å². The van der Waals surface area contributed by atoms with Crippen LogP contribution < -0.4 is 16.0 Å². The van der Waals surface area contributed by atoms with Gasteiger partial charge in [-0.05, 0) is 43.0 Å². The summed E-state index contributed by atoms with van der Waals surface area (Å²) in [6, 6.07) is 12.0. The second kappa shape index (κ2) is 7.81. The SMILES string of the molecule is CC(C)NC(=O)Nc1ccc(CNCc2cccs2)cc1. The van der Waals surface area contributed by atoms with Crippen molar-refractivity contribution in [2.75, 3.05) is 5.32 Å². The van der Waals surface area contributed by atoms with Crippen molar-refractivity contribution in [1.82, 2.24) is 10.6 Å². The lowest BCUT2D eigenvalue weighted by Gasteiger charge is -2.10. The van der Waals surface area contributed by atoms with Crippen LogP contribution >= 0.6 is 11.3 Å². The molecule has 4 nitrogen and oxygen atoms in total. The van der Waals surface area contributed by atoms with Gasteiger partial charge in [-0.1, -0.05) is 18.2 Å². The highest BCUT2D eigenvalue weighted by atomic mass is 32.1. The number of nitrogens with one attached hydrogen (secondary N) is 3. The Morgan fingerprint density at radius 1 is 1.14 bits per heavy atom. The molecule has 0 unspecified atom stereocenters. The van der Waals surface area contributed by atoms with Crippen LogP contribution in [-0.4, -0.2) is 12.1 Å². The third-order valence-electron chi connectivity index (χ3n) is 2.84. The van der Waals surface area contributed by atoms with Crippen LogP contribution in [0.15, 0.2) is 41.8 Å². The first kappa shape index (κ1) is 15.5. The number of hydrogen-bond acceptors (Lipinski definition) is 3. The summed E-state index contributed by atoms with van der Waals surface area (Å²) in [4.78, 5) is 12.9. The quantitative estimate of drug-likeness (QED) is 0.764. The third-order valence-corrected chi connectivity index (χ3v) is 3.72. The molecule has 0 saturated heterocycles. The van der Waals surface area contributed by atoms with Crippen LogP contribution in [0.3, 0.4) is 0 Å². The Morgan fingerprint density at radius 3 is 2.52 bits per heavy atom. The van der Waals surface area contributed by atoms with Crippen LogP contribution in [0.2, 0.25) is 0 Å². The molecule has 21 heavy (non-hydrogen) atoms. The number of carbonyl (C=O) groups excluding carboxylic acids is 1. The number of carbonyl (C=O) groups is 1. The predicted octanol–water partition coefficient (Wildman–Crippen LogP) is 3.57. The molecule has 2 aromatic rings. The van der Waals surface area contributed by atoms with E-state index < -0.39 is 0 Å². The van der Waals surface area contributed by atoms with E-state index in [-0.39, 0.29) is 12.1 Å². The summed E-state index contributed by atoms with van der Waals surface area (Å²) in [5.41, 5.74) is 2.00. The predicted molar refractivity (Wildman–Crippen MR) is 88.6 cm³/mol. The van der Waals surface area contributed by atoms with Gasteiger partial charge < -0.3 is 16.0 Å². The molecule has 0 atom stereocenters. The molecule has 0 bridgehead atoms. The number of amides is 2. The molecule has 2 amide bonds. The average molecular weight is 303 g/mol. The monoisotopic (exact) mass is 303 g/mol. The summed E-state index contributed by atoms with van der Waals surface area (Å²) < 4.78 is 0. The fraction of sp³-hybridized carbons (Fsp3) is 0.312. The molecule has 1 aromatic carbocycles. The molecule has 2 rings (SSSR count). The number of rotatable bonds is 6. The van der Waals surface area contributed by atoms with E-state index in [0.717, 1.165) is 18.8 Å². The molecule has 0 aliphatic rings. The molecule has 3 N–H and O–H groups in total. The summed E-state index contributed by atoms with van der Waals surface area (Å²) >= 11 is 1.76. The smallest absolute Gasteiger partial charge is 0.319 e. The maximum atomic E-state index is 11.6. The summed E-state index contributed by atoms with van der Waals surface area (Å²) in [7, 11) is 0. The molecule has 0 fully saturated rings. The minimum atomic E-state index is -0.173. The van der Waals surface area contributed by atoms with Gasteiger partial charge in [-0.2, -0.15) is 0 Å². The highest BCUT2D eigenvalue weighted by molar-refractivity contribution is 7.09. The van der Waals surface area contributed by atoms with Crippen molar-refractivity contribution < 1.29 is 4.79 Å². The average Bonchev–Trinajstić information content (AvgIpc) is 2.93. The Morgan fingerprint density at radius 2 is 1.90 bits per heavy atom. The molecular formula is C16H21N3OS. The molecule has 112 valence electrons. The molecule has 1 heterocycles. The van der Waals surface area contributed by atoms with Crippen LogP contribution in [-0.2, 0) is 13.1 Å². The maximum absolute atomic E-state index is 11.6. The van der Waals surface area contributed by atoms with Crippen molar-refractivity contribution in [3.05, 3.63) is 52.2 Å².